The first-order valence-corrected chi connectivity index (χ1v) is 6.49. The Kier molecular flexibility index (Phi) is 4.51. The van der Waals surface area contributed by atoms with Gasteiger partial charge in [-0.25, -0.2) is 4.39 Å². The minimum absolute atomic E-state index is 0.0255. The number of hydrogen-bond acceptors (Lipinski definition) is 2. The molecule has 1 aliphatic rings. The second-order valence-electron chi connectivity index (χ2n) is 4.85. The Hall–Kier alpha value is -0.930. The highest BCUT2D eigenvalue weighted by atomic mass is 19.1. The minimum Gasteiger partial charge on any atom is -0.324 e. The van der Waals surface area contributed by atoms with Gasteiger partial charge >= 0.3 is 0 Å². The standard InChI is InChI=1S/C14H21FN2/c15-13-6-4-12(5-7-13)14(16)8-11-17-9-2-1-3-10-17/h4-7,14H,1-3,8-11,16H2. The van der Waals surface area contributed by atoms with E-state index in [9.17, 15) is 4.39 Å². The molecule has 1 unspecified atom stereocenters. The SMILES string of the molecule is NC(CCN1CCCCC1)c1ccc(F)cc1. The van der Waals surface area contributed by atoms with Crippen molar-refractivity contribution in [1.82, 2.24) is 4.90 Å². The Bertz CT molecular complexity index is 331. The van der Waals surface area contributed by atoms with Crippen LogP contribution in [0.1, 0.15) is 37.3 Å². The van der Waals surface area contributed by atoms with Crippen LogP contribution in [0.4, 0.5) is 4.39 Å². The molecule has 0 bridgehead atoms. The number of likely N-dealkylation sites (tertiary alicyclic amines) is 1. The van der Waals surface area contributed by atoms with Crippen LogP contribution < -0.4 is 5.73 Å². The highest BCUT2D eigenvalue weighted by Gasteiger charge is 2.12. The zero-order chi connectivity index (χ0) is 12.1. The summed E-state index contributed by atoms with van der Waals surface area (Å²) in [4.78, 5) is 2.48. The molecule has 2 rings (SSSR count). The maximum Gasteiger partial charge on any atom is 0.123 e. The van der Waals surface area contributed by atoms with E-state index in [0.717, 1.165) is 18.5 Å². The molecule has 1 aromatic carbocycles. The Morgan fingerprint density at radius 2 is 1.76 bits per heavy atom. The van der Waals surface area contributed by atoms with E-state index >= 15 is 0 Å². The molecular weight excluding hydrogens is 215 g/mol. The number of halogens is 1. The summed E-state index contributed by atoms with van der Waals surface area (Å²) >= 11 is 0. The van der Waals surface area contributed by atoms with E-state index in [1.165, 1.54) is 44.5 Å². The summed E-state index contributed by atoms with van der Waals surface area (Å²) in [6.07, 6.45) is 4.93. The Balaban J connectivity index is 1.80. The number of hydrogen-bond donors (Lipinski definition) is 1. The summed E-state index contributed by atoms with van der Waals surface area (Å²) in [5, 5.41) is 0. The van der Waals surface area contributed by atoms with E-state index < -0.39 is 0 Å². The number of rotatable bonds is 4. The zero-order valence-electron chi connectivity index (χ0n) is 10.2. The second kappa shape index (κ2) is 6.12. The van der Waals surface area contributed by atoms with Crippen molar-refractivity contribution in [3.63, 3.8) is 0 Å². The van der Waals surface area contributed by atoms with Gasteiger partial charge in [-0.2, -0.15) is 0 Å². The molecule has 0 saturated carbocycles. The Morgan fingerprint density at radius 1 is 1.12 bits per heavy atom. The lowest BCUT2D eigenvalue weighted by atomic mass is 10.0. The maximum atomic E-state index is 12.8. The molecule has 1 saturated heterocycles. The smallest absolute Gasteiger partial charge is 0.123 e. The van der Waals surface area contributed by atoms with Crippen molar-refractivity contribution in [2.75, 3.05) is 19.6 Å². The quantitative estimate of drug-likeness (QED) is 0.871. The highest BCUT2D eigenvalue weighted by molar-refractivity contribution is 5.19. The third kappa shape index (κ3) is 3.79. The number of piperidine rings is 1. The van der Waals surface area contributed by atoms with Crippen molar-refractivity contribution in [2.24, 2.45) is 5.73 Å². The van der Waals surface area contributed by atoms with Crippen molar-refractivity contribution in [1.29, 1.82) is 0 Å². The Morgan fingerprint density at radius 3 is 2.41 bits per heavy atom. The third-order valence-electron chi connectivity index (χ3n) is 3.50. The van der Waals surface area contributed by atoms with Gasteiger partial charge in [-0.3, -0.25) is 0 Å². The third-order valence-corrected chi connectivity index (χ3v) is 3.50. The molecule has 0 radical (unpaired) electrons. The van der Waals surface area contributed by atoms with Gasteiger partial charge < -0.3 is 10.6 Å². The average Bonchev–Trinajstić information content (AvgIpc) is 2.38. The first-order chi connectivity index (χ1) is 8.25. The fraction of sp³-hybridized carbons (Fsp3) is 0.571. The van der Waals surface area contributed by atoms with Crippen LogP contribution in [-0.2, 0) is 0 Å². The average molecular weight is 236 g/mol. The van der Waals surface area contributed by atoms with Gasteiger partial charge in [0.05, 0.1) is 0 Å². The van der Waals surface area contributed by atoms with E-state index in [0.29, 0.717) is 0 Å². The first kappa shape index (κ1) is 12.5. The molecule has 0 amide bonds. The van der Waals surface area contributed by atoms with Crippen LogP contribution in [0.15, 0.2) is 24.3 Å². The van der Waals surface area contributed by atoms with Crippen LogP contribution in [-0.4, -0.2) is 24.5 Å². The molecule has 1 aromatic rings. The van der Waals surface area contributed by atoms with E-state index in [1.807, 2.05) is 0 Å². The minimum atomic E-state index is -0.197. The largest absolute Gasteiger partial charge is 0.324 e. The van der Waals surface area contributed by atoms with Gasteiger partial charge in [0.15, 0.2) is 0 Å². The lowest BCUT2D eigenvalue weighted by Gasteiger charge is -2.27. The molecule has 2 N–H and O–H groups in total. The monoisotopic (exact) mass is 236 g/mol. The zero-order valence-corrected chi connectivity index (χ0v) is 10.2. The normalized spacial score (nSPS) is 19.2. The molecule has 17 heavy (non-hydrogen) atoms. The predicted molar refractivity (Wildman–Crippen MR) is 68.2 cm³/mol. The van der Waals surface area contributed by atoms with Crippen molar-refractivity contribution in [2.45, 2.75) is 31.7 Å². The second-order valence-corrected chi connectivity index (χ2v) is 4.85. The summed E-state index contributed by atoms with van der Waals surface area (Å²) < 4.78 is 12.8. The van der Waals surface area contributed by atoms with Gasteiger partial charge in [0.25, 0.3) is 0 Å². The molecule has 2 nitrogen and oxygen atoms in total. The molecule has 1 fully saturated rings. The lowest BCUT2D eigenvalue weighted by molar-refractivity contribution is 0.221. The predicted octanol–water partition coefficient (Wildman–Crippen LogP) is 2.70. The van der Waals surface area contributed by atoms with E-state index in [1.54, 1.807) is 12.1 Å². The molecular formula is C14H21FN2. The van der Waals surface area contributed by atoms with Crippen LogP contribution in [0.3, 0.4) is 0 Å². The summed E-state index contributed by atoms with van der Waals surface area (Å²) in [6, 6.07) is 6.57. The molecule has 1 aliphatic heterocycles. The van der Waals surface area contributed by atoms with Gasteiger partial charge in [-0.1, -0.05) is 18.6 Å². The van der Waals surface area contributed by atoms with E-state index in [4.69, 9.17) is 5.73 Å². The Labute approximate surface area is 103 Å². The van der Waals surface area contributed by atoms with Crippen LogP contribution in [0, 0.1) is 5.82 Å². The number of benzene rings is 1. The van der Waals surface area contributed by atoms with Crippen molar-refractivity contribution in [3.8, 4) is 0 Å². The first-order valence-electron chi connectivity index (χ1n) is 6.49. The molecule has 0 aromatic heterocycles. The molecule has 1 atom stereocenters. The summed E-state index contributed by atoms with van der Waals surface area (Å²) in [7, 11) is 0. The number of nitrogens with zero attached hydrogens (tertiary/aromatic N) is 1. The fourth-order valence-corrected chi connectivity index (χ4v) is 2.38. The molecule has 1 heterocycles. The van der Waals surface area contributed by atoms with Gasteiger partial charge in [0.1, 0.15) is 5.82 Å². The van der Waals surface area contributed by atoms with Crippen LogP contribution >= 0.6 is 0 Å². The fourth-order valence-electron chi connectivity index (χ4n) is 2.38. The van der Waals surface area contributed by atoms with Crippen LogP contribution in [0.5, 0.6) is 0 Å². The van der Waals surface area contributed by atoms with Gasteiger partial charge in [0, 0.05) is 6.04 Å². The summed E-state index contributed by atoms with van der Waals surface area (Å²) in [5.41, 5.74) is 7.14. The highest BCUT2D eigenvalue weighted by Crippen LogP contribution is 2.16. The van der Waals surface area contributed by atoms with E-state index in [-0.39, 0.29) is 11.9 Å². The van der Waals surface area contributed by atoms with Crippen LogP contribution in [0.2, 0.25) is 0 Å². The molecule has 0 spiro atoms. The maximum absolute atomic E-state index is 12.8. The molecule has 3 heteroatoms. The molecule has 94 valence electrons. The summed E-state index contributed by atoms with van der Waals surface area (Å²) in [5.74, 6) is -0.197. The topological polar surface area (TPSA) is 29.3 Å². The van der Waals surface area contributed by atoms with Crippen molar-refractivity contribution < 1.29 is 4.39 Å². The van der Waals surface area contributed by atoms with E-state index in [2.05, 4.69) is 4.90 Å². The van der Waals surface area contributed by atoms with Crippen molar-refractivity contribution >= 4 is 0 Å². The lowest BCUT2D eigenvalue weighted by Crippen LogP contribution is -2.32. The van der Waals surface area contributed by atoms with Crippen molar-refractivity contribution in [3.05, 3.63) is 35.6 Å². The van der Waals surface area contributed by atoms with Crippen LogP contribution in [0.25, 0.3) is 0 Å². The summed E-state index contributed by atoms with van der Waals surface area (Å²) in [6.45, 7) is 3.46. The van der Waals surface area contributed by atoms with Gasteiger partial charge in [-0.15, -0.1) is 0 Å². The van der Waals surface area contributed by atoms with Gasteiger partial charge in [0.2, 0.25) is 0 Å². The number of nitrogens with two attached hydrogens (primary N) is 1. The van der Waals surface area contributed by atoms with Gasteiger partial charge in [-0.05, 0) is 56.6 Å². The molecule has 0 aliphatic carbocycles.